The molecule has 25 heavy (non-hydrogen) atoms. The quantitative estimate of drug-likeness (QED) is 0.851. The number of fused-ring (bicyclic) bond motifs is 1. The van der Waals surface area contributed by atoms with Crippen molar-refractivity contribution in [3.63, 3.8) is 0 Å². The molecule has 2 amide bonds. The molecule has 1 aliphatic heterocycles. The summed E-state index contributed by atoms with van der Waals surface area (Å²) in [4.78, 5) is 14.4. The Morgan fingerprint density at radius 2 is 1.88 bits per heavy atom. The Balaban J connectivity index is 1.55. The molecule has 0 spiro atoms. The van der Waals surface area contributed by atoms with E-state index in [1.165, 1.54) is 16.7 Å². The van der Waals surface area contributed by atoms with Gasteiger partial charge < -0.3 is 10.1 Å². The molecule has 4 heteroatoms. The highest BCUT2D eigenvalue weighted by atomic mass is 16.5. The van der Waals surface area contributed by atoms with Gasteiger partial charge in [-0.15, -0.1) is 0 Å². The van der Waals surface area contributed by atoms with Crippen LogP contribution in [0.15, 0.2) is 36.4 Å². The molecule has 0 saturated heterocycles. The Kier molecular flexibility index (Phi) is 4.98. The highest BCUT2D eigenvalue weighted by molar-refractivity contribution is 5.94. The molecule has 4 nitrogen and oxygen atoms in total. The molecule has 1 atom stereocenters. The van der Waals surface area contributed by atoms with Gasteiger partial charge in [-0.05, 0) is 68.5 Å². The predicted molar refractivity (Wildman–Crippen MR) is 102 cm³/mol. The van der Waals surface area contributed by atoms with Gasteiger partial charge in [0.1, 0.15) is 12.4 Å². The van der Waals surface area contributed by atoms with Crippen molar-refractivity contribution in [2.24, 2.45) is 0 Å². The van der Waals surface area contributed by atoms with E-state index in [9.17, 15) is 4.79 Å². The number of benzene rings is 2. The van der Waals surface area contributed by atoms with E-state index in [-0.39, 0.29) is 12.1 Å². The molecular weight excluding hydrogens is 312 g/mol. The maximum absolute atomic E-state index is 12.6. The van der Waals surface area contributed by atoms with Crippen LogP contribution in [0.4, 0.5) is 10.5 Å². The number of rotatable bonds is 4. The number of aryl methyl sites for hydroxylation is 3. The Bertz CT molecular complexity index is 785. The van der Waals surface area contributed by atoms with Crippen LogP contribution in [0.5, 0.6) is 5.75 Å². The second kappa shape index (κ2) is 7.18. The molecule has 0 radical (unpaired) electrons. The summed E-state index contributed by atoms with van der Waals surface area (Å²) in [5, 5.41) is 2.97. The molecule has 132 valence electrons. The first-order chi connectivity index (χ1) is 12.0. The number of amides is 2. The van der Waals surface area contributed by atoms with Crippen LogP contribution in [0.1, 0.15) is 29.2 Å². The topological polar surface area (TPSA) is 41.6 Å². The van der Waals surface area contributed by atoms with Crippen molar-refractivity contribution in [2.45, 2.75) is 40.2 Å². The maximum atomic E-state index is 12.6. The summed E-state index contributed by atoms with van der Waals surface area (Å²) in [6, 6.07) is 12.4. The Hall–Kier alpha value is -2.49. The largest absolute Gasteiger partial charge is 0.491 e. The molecule has 0 aliphatic carbocycles. The standard InChI is InChI=1S/C21H26N2O2/c1-14-11-16(3)20(12-15(14)2)25-10-9-22-21(24)23-17(4)13-18-7-5-6-8-19(18)23/h5-8,11-12,17H,9-10,13H2,1-4H3,(H,22,24). The van der Waals surface area contributed by atoms with Crippen molar-refractivity contribution < 1.29 is 9.53 Å². The Labute approximate surface area is 149 Å². The highest BCUT2D eigenvalue weighted by Gasteiger charge is 2.30. The van der Waals surface area contributed by atoms with Gasteiger partial charge in [-0.3, -0.25) is 4.90 Å². The van der Waals surface area contributed by atoms with Gasteiger partial charge in [-0.1, -0.05) is 24.3 Å². The van der Waals surface area contributed by atoms with E-state index in [0.29, 0.717) is 13.2 Å². The van der Waals surface area contributed by atoms with Gasteiger partial charge in [0.05, 0.1) is 6.54 Å². The van der Waals surface area contributed by atoms with Crippen molar-refractivity contribution in [3.05, 3.63) is 58.7 Å². The summed E-state index contributed by atoms with van der Waals surface area (Å²) < 4.78 is 5.85. The molecule has 0 aromatic heterocycles. The molecule has 1 N–H and O–H groups in total. The summed E-state index contributed by atoms with van der Waals surface area (Å²) in [6.07, 6.45) is 0.905. The fraction of sp³-hybridized carbons (Fsp3) is 0.381. The van der Waals surface area contributed by atoms with Crippen LogP contribution in [-0.2, 0) is 6.42 Å². The SMILES string of the molecule is Cc1cc(C)c(OCCNC(=O)N2c3ccccc3CC2C)cc1C. The zero-order valence-electron chi connectivity index (χ0n) is 15.4. The van der Waals surface area contributed by atoms with E-state index >= 15 is 0 Å². The van der Waals surface area contributed by atoms with Gasteiger partial charge in [-0.2, -0.15) is 0 Å². The summed E-state index contributed by atoms with van der Waals surface area (Å²) >= 11 is 0. The minimum Gasteiger partial charge on any atom is -0.491 e. The first-order valence-corrected chi connectivity index (χ1v) is 8.83. The molecule has 3 rings (SSSR count). The van der Waals surface area contributed by atoms with Gasteiger partial charge in [0.15, 0.2) is 0 Å². The Morgan fingerprint density at radius 1 is 1.16 bits per heavy atom. The van der Waals surface area contributed by atoms with Crippen LogP contribution in [0.3, 0.4) is 0 Å². The third-order valence-corrected chi connectivity index (χ3v) is 4.85. The monoisotopic (exact) mass is 338 g/mol. The molecule has 0 saturated carbocycles. The molecule has 0 fully saturated rings. The van der Waals surface area contributed by atoms with Crippen LogP contribution < -0.4 is 15.0 Å². The zero-order valence-corrected chi connectivity index (χ0v) is 15.4. The van der Waals surface area contributed by atoms with Gasteiger partial charge in [0.2, 0.25) is 0 Å². The van der Waals surface area contributed by atoms with Gasteiger partial charge in [-0.25, -0.2) is 4.79 Å². The minimum absolute atomic E-state index is 0.0575. The van der Waals surface area contributed by atoms with E-state index in [1.54, 1.807) is 0 Å². The molecule has 1 heterocycles. The second-order valence-electron chi connectivity index (χ2n) is 6.83. The van der Waals surface area contributed by atoms with E-state index in [2.05, 4.69) is 44.3 Å². The highest BCUT2D eigenvalue weighted by Crippen LogP contribution is 2.31. The normalized spacial score (nSPS) is 15.8. The van der Waals surface area contributed by atoms with Gasteiger partial charge in [0, 0.05) is 11.7 Å². The van der Waals surface area contributed by atoms with Crippen LogP contribution in [0.2, 0.25) is 0 Å². The van der Waals surface area contributed by atoms with Crippen molar-refractivity contribution in [1.82, 2.24) is 5.32 Å². The minimum atomic E-state index is -0.0575. The van der Waals surface area contributed by atoms with Crippen molar-refractivity contribution in [3.8, 4) is 5.75 Å². The summed E-state index contributed by atoms with van der Waals surface area (Å²) in [7, 11) is 0. The summed E-state index contributed by atoms with van der Waals surface area (Å²) in [5.74, 6) is 0.886. The number of anilines is 1. The Morgan fingerprint density at radius 3 is 2.68 bits per heavy atom. The lowest BCUT2D eigenvalue weighted by Crippen LogP contribution is -2.44. The number of carbonyl (C=O) groups is 1. The second-order valence-corrected chi connectivity index (χ2v) is 6.83. The van der Waals surface area contributed by atoms with Crippen LogP contribution >= 0.6 is 0 Å². The van der Waals surface area contributed by atoms with Gasteiger partial charge >= 0.3 is 6.03 Å². The third-order valence-electron chi connectivity index (χ3n) is 4.85. The molecule has 2 aromatic carbocycles. The lowest BCUT2D eigenvalue weighted by molar-refractivity contribution is 0.240. The number of hydrogen-bond acceptors (Lipinski definition) is 2. The zero-order chi connectivity index (χ0) is 18.0. The molecule has 0 bridgehead atoms. The van der Waals surface area contributed by atoms with Crippen molar-refractivity contribution in [2.75, 3.05) is 18.1 Å². The van der Waals surface area contributed by atoms with Crippen LogP contribution in [0, 0.1) is 20.8 Å². The first-order valence-electron chi connectivity index (χ1n) is 8.83. The molecule has 1 aliphatic rings. The number of para-hydroxylation sites is 1. The maximum Gasteiger partial charge on any atom is 0.322 e. The number of nitrogens with zero attached hydrogens (tertiary/aromatic N) is 1. The van der Waals surface area contributed by atoms with Gasteiger partial charge in [0.25, 0.3) is 0 Å². The van der Waals surface area contributed by atoms with E-state index in [0.717, 1.165) is 23.4 Å². The predicted octanol–water partition coefficient (Wildman–Crippen LogP) is 4.15. The van der Waals surface area contributed by atoms with Crippen LogP contribution in [-0.4, -0.2) is 25.2 Å². The van der Waals surface area contributed by atoms with Crippen molar-refractivity contribution >= 4 is 11.7 Å². The van der Waals surface area contributed by atoms with Crippen molar-refractivity contribution in [1.29, 1.82) is 0 Å². The van der Waals surface area contributed by atoms with E-state index < -0.39 is 0 Å². The third kappa shape index (κ3) is 3.63. The lowest BCUT2D eigenvalue weighted by atomic mass is 10.1. The molecule has 1 unspecified atom stereocenters. The first kappa shape index (κ1) is 17.3. The summed E-state index contributed by atoms with van der Waals surface area (Å²) in [5.41, 5.74) is 5.84. The number of hydrogen-bond donors (Lipinski definition) is 1. The fourth-order valence-electron chi connectivity index (χ4n) is 3.37. The average Bonchev–Trinajstić information content (AvgIpc) is 2.91. The van der Waals surface area contributed by atoms with E-state index in [4.69, 9.17) is 4.74 Å². The summed E-state index contributed by atoms with van der Waals surface area (Å²) in [6.45, 7) is 9.24. The number of ether oxygens (including phenoxy) is 1. The smallest absolute Gasteiger partial charge is 0.322 e. The molecule has 2 aromatic rings. The lowest BCUT2D eigenvalue weighted by Gasteiger charge is -2.23. The number of urea groups is 1. The average molecular weight is 338 g/mol. The fourth-order valence-corrected chi connectivity index (χ4v) is 3.37. The number of nitrogens with one attached hydrogen (secondary N) is 1. The number of carbonyl (C=O) groups excluding carboxylic acids is 1. The van der Waals surface area contributed by atoms with E-state index in [1.807, 2.05) is 30.0 Å². The van der Waals surface area contributed by atoms with Crippen LogP contribution in [0.25, 0.3) is 0 Å². The molecular formula is C21H26N2O2.